The van der Waals surface area contributed by atoms with Crippen LogP contribution in [0.5, 0.6) is 0 Å². The number of hydrogen-bond acceptors (Lipinski definition) is 6. The number of nitrogens with zero attached hydrogens (tertiary/aromatic N) is 2. The summed E-state index contributed by atoms with van der Waals surface area (Å²) >= 11 is 0. The third-order valence-electron chi connectivity index (χ3n) is 5.76. The standard InChI is InChI=1S/C26H27N3O5/c30-21-8-4-5-13-29(16-21)26(33)24(32)22-17-34-25(28-22)20-11-9-19(10-12-20)15-27-23(31)14-18-6-2-1-3-7-18/h1-3,6-7,9-12,17,21,30H,4-5,8,13-16H2,(H,27,31). The van der Waals surface area contributed by atoms with Crippen molar-refractivity contribution in [3.05, 3.63) is 77.7 Å². The Balaban J connectivity index is 1.33. The molecule has 1 fully saturated rings. The lowest BCUT2D eigenvalue weighted by atomic mass is 10.1. The van der Waals surface area contributed by atoms with Gasteiger partial charge in [-0.1, -0.05) is 42.5 Å². The van der Waals surface area contributed by atoms with E-state index >= 15 is 0 Å². The van der Waals surface area contributed by atoms with Gasteiger partial charge in [-0.25, -0.2) is 4.98 Å². The molecule has 1 aromatic heterocycles. The lowest BCUT2D eigenvalue weighted by molar-refractivity contribution is -0.127. The van der Waals surface area contributed by atoms with Crippen molar-refractivity contribution in [3.8, 4) is 11.5 Å². The average Bonchev–Trinajstić information content (AvgIpc) is 3.25. The summed E-state index contributed by atoms with van der Waals surface area (Å²) in [5, 5.41) is 12.8. The molecule has 34 heavy (non-hydrogen) atoms. The Kier molecular flexibility index (Phi) is 7.49. The van der Waals surface area contributed by atoms with Crippen LogP contribution in [0.3, 0.4) is 0 Å². The molecule has 2 amide bonds. The zero-order valence-electron chi connectivity index (χ0n) is 18.8. The SMILES string of the molecule is O=C(Cc1ccccc1)NCc1ccc(-c2nc(C(=O)C(=O)N3CCCCC(O)C3)co2)cc1. The first-order valence-electron chi connectivity index (χ1n) is 11.4. The molecule has 0 radical (unpaired) electrons. The molecule has 0 aliphatic carbocycles. The summed E-state index contributed by atoms with van der Waals surface area (Å²) < 4.78 is 5.44. The number of aromatic nitrogens is 1. The lowest BCUT2D eigenvalue weighted by Gasteiger charge is -2.20. The van der Waals surface area contributed by atoms with Gasteiger partial charge in [-0.3, -0.25) is 14.4 Å². The topological polar surface area (TPSA) is 113 Å². The minimum absolute atomic E-state index is 0.0593. The molecule has 2 heterocycles. The summed E-state index contributed by atoms with van der Waals surface area (Å²) in [6, 6.07) is 16.8. The fourth-order valence-corrected chi connectivity index (χ4v) is 3.88. The number of hydrogen-bond donors (Lipinski definition) is 2. The smallest absolute Gasteiger partial charge is 0.296 e. The number of ketones is 1. The van der Waals surface area contributed by atoms with E-state index in [1.807, 2.05) is 42.5 Å². The van der Waals surface area contributed by atoms with E-state index in [-0.39, 0.29) is 24.0 Å². The normalized spacial score (nSPS) is 16.0. The van der Waals surface area contributed by atoms with Crippen LogP contribution in [0.25, 0.3) is 11.5 Å². The van der Waals surface area contributed by atoms with Crippen molar-refractivity contribution in [1.29, 1.82) is 0 Å². The van der Waals surface area contributed by atoms with Gasteiger partial charge in [0.05, 0.1) is 12.5 Å². The molecule has 176 valence electrons. The Morgan fingerprint density at radius 2 is 1.79 bits per heavy atom. The van der Waals surface area contributed by atoms with Gasteiger partial charge in [-0.2, -0.15) is 0 Å². The third kappa shape index (κ3) is 5.96. The molecule has 4 rings (SSSR count). The Labute approximate surface area is 197 Å². The molecule has 2 aromatic carbocycles. The van der Waals surface area contributed by atoms with E-state index in [9.17, 15) is 19.5 Å². The van der Waals surface area contributed by atoms with Crippen LogP contribution in [0.1, 0.15) is 40.9 Å². The van der Waals surface area contributed by atoms with E-state index in [4.69, 9.17) is 4.42 Å². The number of rotatable bonds is 7. The van der Waals surface area contributed by atoms with Crippen molar-refractivity contribution in [1.82, 2.24) is 15.2 Å². The summed E-state index contributed by atoms with van der Waals surface area (Å²) in [6.07, 6.45) is 3.08. The van der Waals surface area contributed by atoms with E-state index in [1.165, 1.54) is 11.2 Å². The molecule has 1 atom stereocenters. The lowest BCUT2D eigenvalue weighted by Crippen LogP contribution is -2.40. The number of Topliss-reactive ketones (excluding diaryl/α,β-unsaturated/α-hetero) is 1. The molecule has 0 saturated carbocycles. The summed E-state index contributed by atoms with van der Waals surface area (Å²) in [7, 11) is 0. The predicted octanol–water partition coefficient (Wildman–Crippen LogP) is 2.76. The highest BCUT2D eigenvalue weighted by molar-refractivity contribution is 6.42. The highest BCUT2D eigenvalue weighted by Crippen LogP contribution is 2.20. The molecule has 8 nitrogen and oxygen atoms in total. The second-order valence-corrected chi connectivity index (χ2v) is 8.40. The second-order valence-electron chi connectivity index (χ2n) is 8.40. The first kappa shape index (κ1) is 23.4. The van der Waals surface area contributed by atoms with Crippen LogP contribution >= 0.6 is 0 Å². The van der Waals surface area contributed by atoms with Crippen LogP contribution in [-0.4, -0.2) is 51.8 Å². The zero-order valence-corrected chi connectivity index (χ0v) is 18.8. The minimum atomic E-state index is -0.748. The number of carbonyl (C=O) groups is 3. The monoisotopic (exact) mass is 461 g/mol. The predicted molar refractivity (Wildman–Crippen MR) is 125 cm³/mol. The molecule has 0 bridgehead atoms. The van der Waals surface area contributed by atoms with E-state index in [0.29, 0.717) is 31.5 Å². The van der Waals surface area contributed by atoms with Crippen LogP contribution in [0.15, 0.2) is 65.3 Å². The molecule has 1 aliphatic rings. The van der Waals surface area contributed by atoms with Gasteiger partial charge in [0.1, 0.15) is 6.26 Å². The number of β-amino-alcohol motifs (C(OH)–C–C–N with tert-alkyl or cyclic N) is 1. The summed E-state index contributed by atoms with van der Waals surface area (Å²) in [5.74, 6) is -1.26. The van der Waals surface area contributed by atoms with Gasteiger partial charge in [0.2, 0.25) is 11.8 Å². The zero-order chi connectivity index (χ0) is 23.9. The molecular weight excluding hydrogens is 434 g/mol. The van der Waals surface area contributed by atoms with Gasteiger partial charge in [0.25, 0.3) is 11.7 Å². The summed E-state index contributed by atoms with van der Waals surface area (Å²) in [5.41, 5.74) is 2.45. The Morgan fingerprint density at radius 1 is 1.03 bits per heavy atom. The van der Waals surface area contributed by atoms with Crippen molar-refractivity contribution < 1.29 is 23.9 Å². The van der Waals surface area contributed by atoms with Crippen molar-refractivity contribution >= 4 is 17.6 Å². The molecule has 3 aromatic rings. The number of likely N-dealkylation sites (tertiary alicyclic amines) is 1. The third-order valence-corrected chi connectivity index (χ3v) is 5.76. The second kappa shape index (κ2) is 10.9. The fraction of sp³-hybridized carbons (Fsp3) is 0.308. The average molecular weight is 462 g/mol. The Morgan fingerprint density at radius 3 is 2.56 bits per heavy atom. The molecule has 1 saturated heterocycles. The summed E-state index contributed by atoms with van der Waals surface area (Å²) in [4.78, 5) is 42.9. The first-order valence-corrected chi connectivity index (χ1v) is 11.4. The minimum Gasteiger partial charge on any atom is -0.444 e. The van der Waals surface area contributed by atoms with Gasteiger partial charge >= 0.3 is 0 Å². The number of oxazole rings is 1. The Hall–Kier alpha value is -3.78. The highest BCUT2D eigenvalue weighted by Gasteiger charge is 2.28. The number of benzene rings is 2. The van der Waals surface area contributed by atoms with Gasteiger partial charge in [0.15, 0.2) is 5.69 Å². The van der Waals surface area contributed by atoms with Crippen molar-refractivity contribution in [3.63, 3.8) is 0 Å². The molecule has 2 N–H and O–H groups in total. The van der Waals surface area contributed by atoms with Crippen LogP contribution in [0.4, 0.5) is 0 Å². The van der Waals surface area contributed by atoms with Crippen molar-refractivity contribution in [2.75, 3.05) is 13.1 Å². The maximum atomic E-state index is 12.6. The molecule has 1 unspecified atom stereocenters. The van der Waals surface area contributed by atoms with Crippen LogP contribution in [0, 0.1) is 0 Å². The molecular formula is C26H27N3O5. The fourth-order valence-electron chi connectivity index (χ4n) is 3.88. The van der Waals surface area contributed by atoms with Gasteiger partial charge in [-0.05, 0) is 42.5 Å². The molecule has 0 spiro atoms. The van der Waals surface area contributed by atoms with Gasteiger partial charge in [-0.15, -0.1) is 0 Å². The largest absolute Gasteiger partial charge is 0.444 e. The van der Waals surface area contributed by atoms with Crippen molar-refractivity contribution in [2.24, 2.45) is 0 Å². The highest BCUT2D eigenvalue weighted by atomic mass is 16.3. The van der Waals surface area contributed by atoms with Crippen LogP contribution in [-0.2, 0) is 22.6 Å². The number of carbonyl (C=O) groups excluding carboxylic acids is 3. The molecule has 8 heteroatoms. The van der Waals surface area contributed by atoms with E-state index < -0.39 is 17.8 Å². The van der Waals surface area contributed by atoms with E-state index in [2.05, 4.69) is 10.3 Å². The van der Waals surface area contributed by atoms with Gasteiger partial charge in [0, 0.05) is 25.2 Å². The number of aliphatic hydroxyl groups excluding tert-OH is 1. The van der Waals surface area contributed by atoms with Crippen LogP contribution < -0.4 is 5.32 Å². The van der Waals surface area contributed by atoms with Crippen LogP contribution in [0.2, 0.25) is 0 Å². The number of amides is 2. The maximum Gasteiger partial charge on any atom is 0.296 e. The Bertz CT molecular complexity index is 1140. The maximum absolute atomic E-state index is 12.6. The number of aliphatic hydroxyl groups is 1. The first-order chi connectivity index (χ1) is 16.5. The van der Waals surface area contributed by atoms with Crippen molar-refractivity contribution in [2.45, 2.75) is 38.3 Å². The summed E-state index contributed by atoms with van der Waals surface area (Å²) in [6.45, 7) is 0.978. The quantitative estimate of drug-likeness (QED) is 0.413. The van der Waals surface area contributed by atoms with E-state index in [1.54, 1.807) is 12.1 Å². The molecule has 1 aliphatic heterocycles. The van der Waals surface area contributed by atoms with E-state index in [0.717, 1.165) is 24.0 Å². The van der Waals surface area contributed by atoms with Gasteiger partial charge < -0.3 is 19.7 Å². The number of nitrogens with one attached hydrogen (secondary N) is 1.